The van der Waals surface area contributed by atoms with Gasteiger partial charge in [0, 0.05) is 54.6 Å². The van der Waals surface area contributed by atoms with Crippen molar-refractivity contribution in [2.45, 2.75) is 25.4 Å². The highest BCUT2D eigenvalue weighted by atomic mass is 16.5. The molecule has 182 valence electrons. The Hall–Kier alpha value is -4.46. The lowest BCUT2D eigenvalue weighted by atomic mass is 10.00. The van der Waals surface area contributed by atoms with Crippen molar-refractivity contribution in [3.63, 3.8) is 0 Å². The second-order valence-corrected chi connectivity index (χ2v) is 8.71. The van der Waals surface area contributed by atoms with Gasteiger partial charge in [0.25, 0.3) is 11.8 Å². The quantitative estimate of drug-likeness (QED) is 0.349. The van der Waals surface area contributed by atoms with Crippen LogP contribution in [0.25, 0.3) is 22.0 Å². The molecule has 1 fully saturated rings. The summed E-state index contributed by atoms with van der Waals surface area (Å²) in [6.07, 6.45) is 5.26. The van der Waals surface area contributed by atoms with Gasteiger partial charge in [0.15, 0.2) is 0 Å². The number of rotatable bonds is 8. The molecule has 0 saturated heterocycles. The SMILES string of the molecule is CNC(=O)c1ccc(-c2cc3c(NCc4ccccc4)c(C(=O)NC4CC4)cnc3cc2OC)cn1. The first kappa shape index (κ1) is 23.3. The third-order valence-electron chi connectivity index (χ3n) is 6.19. The highest BCUT2D eigenvalue weighted by molar-refractivity contribution is 6.08. The number of methoxy groups -OCH3 is 1. The molecule has 8 nitrogen and oxygen atoms in total. The van der Waals surface area contributed by atoms with Crippen LogP contribution in [0.2, 0.25) is 0 Å². The molecular formula is C28H27N5O3. The fourth-order valence-corrected chi connectivity index (χ4v) is 4.07. The summed E-state index contributed by atoms with van der Waals surface area (Å²) in [5, 5.41) is 9.93. The zero-order valence-electron chi connectivity index (χ0n) is 20.2. The van der Waals surface area contributed by atoms with E-state index in [1.165, 1.54) is 0 Å². The molecule has 0 unspecified atom stereocenters. The van der Waals surface area contributed by atoms with Gasteiger partial charge < -0.3 is 20.7 Å². The number of benzene rings is 2. The second kappa shape index (κ2) is 10.0. The molecule has 2 aromatic carbocycles. The van der Waals surface area contributed by atoms with Crippen molar-refractivity contribution in [3.05, 3.63) is 83.8 Å². The van der Waals surface area contributed by atoms with Crippen molar-refractivity contribution in [3.8, 4) is 16.9 Å². The maximum Gasteiger partial charge on any atom is 0.269 e. The summed E-state index contributed by atoms with van der Waals surface area (Å²) in [5.74, 6) is 0.222. The lowest BCUT2D eigenvalue weighted by Gasteiger charge is -2.17. The average molecular weight is 482 g/mol. The summed E-state index contributed by atoms with van der Waals surface area (Å²) in [6, 6.07) is 17.6. The van der Waals surface area contributed by atoms with E-state index in [4.69, 9.17) is 4.74 Å². The number of carbonyl (C=O) groups excluding carboxylic acids is 2. The predicted octanol–water partition coefficient (Wildman–Crippen LogP) is 4.17. The predicted molar refractivity (Wildman–Crippen MR) is 139 cm³/mol. The van der Waals surface area contributed by atoms with Crippen LogP contribution in [0.3, 0.4) is 0 Å². The van der Waals surface area contributed by atoms with Gasteiger partial charge in [0.2, 0.25) is 0 Å². The van der Waals surface area contributed by atoms with Gasteiger partial charge in [-0.3, -0.25) is 19.6 Å². The lowest BCUT2D eigenvalue weighted by molar-refractivity contribution is 0.0946. The van der Waals surface area contributed by atoms with Crippen molar-refractivity contribution in [2.75, 3.05) is 19.5 Å². The molecule has 0 bridgehead atoms. The van der Waals surface area contributed by atoms with Crippen LogP contribution in [0.1, 0.15) is 39.3 Å². The minimum absolute atomic E-state index is 0.142. The number of nitrogens with one attached hydrogen (secondary N) is 3. The first-order valence-corrected chi connectivity index (χ1v) is 11.8. The number of amides is 2. The molecule has 1 saturated carbocycles. The lowest BCUT2D eigenvalue weighted by Crippen LogP contribution is -2.26. The molecule has 2 heterocycles. The average Bonchev–Trinajstić information content (AvgIpc) is 3.75. The Bertz CT molecular complexity index is 1420. The van der Waals surface area contributed by atoms with E-state index in [-0.39, 0.29) is 17.9 Å². The highest BCUT2D eigenvalue weighted by Gasteiger charge is 2.26. The molecule has 0 atom stereocenters. The molecule has 4 aromatic rings. The number of ether oxygens (including phenoxy) is 1. The Morgan fingerprint density at radius 2 is 1.81 bits per heavy atom. The van der Waals surface area contributed by atoms with E-state index in [9.17, 15) is 9.59 Å². The maximum absolute atomic E-state index is 13.1. The monoisotopic (exact) mass is 481 g/mol. The molecule has 3 N–H and O–H groups in total. The molecule has 1 aliphatic carbocycles. The number of nitrogens with zero attached hydrogens (tertiary/aromatic N) is 2. The van der Waals surface area contributed by atoms with Crippen molar-refractivity contribution in [1.29, 1.82) is 0 Å². The van der Waals surface area contributed by atoms with Crippen LogP contribution in [0.15, 0.2) is 67.0 Å². The summed E-state index contributed by atoms with van der Waals surface area (Å²) >= 11 is 0. The van der Waals surface area contributed by atoms with Crippen molar-refractivity contribution < 1.29 is 14.3 Å². The van der Waals surface area contributed by atoms with Gasteiger partial charge in [0.1, 0.15) is 11.4 Å². The minimum Gasteiger partial charge on any atom is -0.496 e. The number of pyridine rings is 2. The first-order valence-electron chi connectivity index (χ1n) is 11.8. The Labute approximate surface area is 209 Å². The molecule has 0 radical (unpaired) electrons. The number of aromatic nitrogens is 2. The van der Waals surface area contributed by atoms with E-state index in [1.54, 1.807) is 32.6 Å². The van der Waals surface area contributed by atoms with E-state index in [2.05, 4.69) is 25.9 Å². The number of anilines is 1. The molecule has 5 rings (SSSR count). The summed E-state index contributed by atoms with van der Waals surface area (Å²) < 4.78 is 5.67. The molecule has 2 amide bonds. The van der Waals surface area contributed by atoms with Crippen LogP contribution < -0.4 is 20.7 Å². The summed E-state index contributed by atoms with van der Waals surface area (Å²) in [5.41, 5.74) is 4.89. The van der Waals surface area contributed by atoms with Crippen LogP contribution in [-0.4, -0.2) is 42.0 Å². The molecule has 8 heteroatoms. The van der Waals surface area contributed by atoms with E-state index < -0.39 is 0 Å². The van der Waals surface area contributed by atoms with Crippen molar-refractivity contribution in [1.82, 2.24) is 20.6 Å². The highest BCUT2D eigenvalue weighted by Crippen LogP contribution is 2.37. The Kier molecular flexibility index (Phi) is 6.49. The van der Waals surface area contributed by atoms with Gasteiger partial charge >= 0.3 is 0 Å². The van der Waals surface area contributed by atoms with Gasteiger partial charge in [-0.25, -0.2) is 0 Å². The fraction of sp³-hybridized carbons (Fsp3) is 0.214. The Balaban J connectivity index is 1.61. The summed E-state index contributed by atoms with van der Waals surface area (Å²) in [7, 11) is 3.17. The molecule has 36 heavy (non-hydrogen) atoms. The standard InChI is InChI=1S/C28H27N5O3/c1-29-28(35)23-11-8-18(15-30-23)20-12-21-24(13-25(20)36-2)31-16-22(27(34)33-19-9-10-19)26(21)32-14-17-6-4-3-5-7-17/h3-8,11-13,15-16,19H,9-10,14H2,1-2H3,(H,29,35)(H,31,32)(H,33,34). The second-order valence-electron chi connectivity index (χ2n) is 8.71. The van der Waals surface area contributed by atoms with Crippen LogP contribution >= 0.6 is 0 Å². The third-order valence-corrected chi connectivity index (χ3v) is 6.19. The zero-order chi connectivity index (χ0) is 25.1. The normalized spacial score (nSPS) is 12.7. The largest absolute Gasteiger partial charge is 0.496 e. The van der Waals surface area contributed by atoms with Gasteiger partial charge in [-0.05, 0) is 30.5 Å². The molecule has 0 spiro atoms. The molecule has 0 aliphatic heterocycles. The van der Waals surface area contributed by atoms with Crippen molar-refractivity contribution in [2.24, 2.45) is 0 Å². The zero-order valence-corrected chi connectivity index (χ0v) is 20.2. The van der Waals surface area contributed by atoms with E-state index >= 15 is 0 Å². The fourth-order valence-electron chi connectivity index (χ4n) is 4.07. The Morgan fingerprint density at radius 3 is 2.47 bits per heavy atom. The van der Waals surface area contributed by atoms with Crippen LogP contribution in [-0.2, 0) is 6.54 Å². The molecule has 1 aliphatic rings. The van der Waals surface area contributed by atoms with E-state index in [0.29, 0.717) is 34.8 Å². The van der Waals surface area contributed by atoms with Gasteiger partial charge in [-0.2, -0.15) is 0 Å². The first-order chi connectivity index (χ1) is 17.6. The van der Waals surface area contributed by atoms with Crippen molar-refractivity contribution >= 4 is 28.4 Å². The number of hydrogen-bond acceptors (Lipinski definition) is 6. The minimum atomic E-state index is -0.255. The van der Waals surface area contributed by atoms with E-state index in [1.807, 2.05) is 48.5 Å². The van der Waals surface area contributed by atoms with Crippen LogP contribution in [0.4, 0.5) is 5.69 Å². The summed E-state index contributed by atoms with van der Waals surface area (Å²) in [6.45, 7) is 0.549. The third kappa shape index (κ3) is 4.84. The number of fused-ring (bicyclic) bond motifs is 1. The smallest absolute Gasteiger partial charge is 0.269 e. The molecule has 2 aromatic heterocycles. The number of hydrogen-bond donors (Lipinski definition) is 3. The van der Waals surface area contributed by atoms with E-state index in [0.717, 1.165) is 34.9 Å². The maximum atomic E-state index is 13.1. The van der Waals surface area contributed by atoms with Crippen LogP contribution in [0, 0.1) is 0 Å². The Morgan fingerprint density at radius 1 is 1.00 bits per heavy atom. The topological polar surface area (TPSA) is 105 Å². The van der Waals surface area contributed by atoms with Gasteiger partial charge in [0.05, 0.1) is 23.9 Å². The van der Waals surface area contributed by atoms with Crippen LogP contribution in [0.5, 0.6) is 5.75 Å². The van der Waals surface area contributed by atoms with Gasteiger partial charge in [-0.1, -0.05) is 36.4 Å². The summed E-state index contributed by atoms with van der Waals surface area (Å²) in [4.78, 5) is 33.9. The number of carbonyl (C=O) groups is 2. The van der Waals surface area contributed by atoms with Gasteiger partial charge in [-0.15, -0.1) is 0 Å². The molecular weight excluding hydrogens is 454 g/mol.